The van der Waals surface area contributed by atoms with E-state index in [1.54, 1.807) is 10.6 Å². The summed E-state index contributed by atoms with van der Waals surface area (Å²) in [4.78, 5) is 41.0. The Kier molecular flexibility index (Phi) is 7.78. The van der Waals surface area contributed by atoms with E-state index in [1.807, 2.05) is 31.2 Å². The van der Waals surface area contributed by atoms with Crippen molar-refractivity contribution in [1.29, 1.82) is 10.7 Å². The highest BCUT2D eigenvalue weighted by Gasteiger charge is 2.21. The number of carbonyl (C=O) groups excluding carboxylic acids is 2. The minimum Gasteiger partial charge on any atom is -0.458 e. The van der Waals surface area contributed by atoms with Crippen molar-refractivity contribution in [2.24, 2.45) is 5.92 Å². The Bertz CT molecular complexity index is 1020. The molecule has 2 rings (SSSR count). The van der Waals surface area contributed by atoms with E-state index in [0.29, 0.717) is 12.1 Å². The summed E-state index contributed by atoms with van der Waals surface area (Å²) in [5.41, 5.74) is 1.38. The number of Topliss-reactive ketones (excluding diaryl/α,β-unsaturated/α-hetero) is 1. The van der Waals surface area contributed by atoms with Gasteiger partial charge in [0.25, 0.3) is 5.56 Å². The first-order valence-corrected chi connectivity index (χ1v) is 9.50. The number of ether oxygens (including phenoxy) is 1. The predicted octanol–water partition coefficient (Wildman–Crippen LogP) is 2.42. The van der Waals surface area contributed by atoms with Gasteiger partial charge in [0.15, 0.2) is 12.4 Å². The molecule has 0 aliphatic heterocycles. The number of benzene rings is 1. The number of carbonyl (C=O) groups is 2. The van der Waals surface area contributed by atoms with Gasteiger partial charge in [-0.3, -0.25) is 14.4 Å². The molecule has 1 N–H and O–H groups in total. The lowest BCUT2D eigenvalue weighted by molar-refractivity contribution is -0.148. The van der Waals surface area contributed by atoms with Crippen molar-refractivity contribution >= 4 is 28.5 Å². The van der Waals surface area contributed by atoms with E-state index < -0.39 is 24.3 Å². The van der Waals surface area contributed by atoms with Crippen LogP contribution in [0.15, 0.2) is 29.1 Å². The summed E-state index contributed by atoms with van der Waals surface area (Å²) in [6.45, 7) is 3.40. The number of nitriles is 1. The molecular weight excluding hydrogens is 372 g/mol. The molecule has 1 aromatic heterocycles. The molecular formula is C21H24N4O4. The summed E-state index contributed by atoms with van der Waals surface area (Å²) in [5.74, 6) is -2.51. The Hall–Kier alpha value is -3.34. The van der Waals surface area contributed by atoms with Crippen LogP contribution in [-0.4, -0.2) is 33.6 Å². The van der Waals surface area contributed by atoms with Crippen LogP contribution in [0.25, 0.3) is 11.0 Å². The molecule has 8 nitrogen and oxygen atoms in total. The zero-order valence-corrected chi connectivity index (χ0v) is 16.6. The van der Waals surface area contributed by atoms with Crippen LogP contribution in [0.5, 0.6) is 0 Å². The highest BCUT2D eigenvalue weighted by atomic mass is 16.5. The molecule has 0 amide bonds. The number of aromatic nitrogens is 2. The largest absolute Gasteiger partial charge is 0.458 e. The Morgan fingerprint density at radius 1 is 1.34 bits per heavy atom. The zero-order chi connectivity index (χ0) is 21.4. The molecule has 1 heterocycles. The Labute approximate surface area is 168 Å². The van der Waals surface area contributed by atoms with E-state index in [0.717, 1.165) is 18.4 Å². The molecule has 0 saturated carbocycles. The highest BCUT2D eigenvalue weighted by Crippen LogP contribution is 2.12. The minimum atomic E-state index is -1.21. The van der Waals surface area contributed by atoms with Crippen LogP contribution in [0.1, 0.15) is 38.8 Å². The summed E-state index contributed by atoms with van der Waals surface area (Å²) in [7, 11) is 0. The molecule has 0 radical (unpaired) electrons. The number of para-hydroxylation sites is 2. The average molecular weight is 396 g/mol. The van der Waals surface area contributed by atoms with Gasteiger partial charge in [-0.1, -0.05) is 25.5 Å². The summed E-state index contributed by atoms with van der Waals surface area (Å²) < 4.78 is 6.59. The fourth-order valence-electron chi connectivity index (χ4n) is 2.88. The van der Waals surface area contributed by atoms with Gasteiger partial charge in [-0.2, -0.15) is 5.26 Å². The second-order valence-corrected chi connectivity index (χ2v) is 6.73. The first kappa shape index (κ1) is 22.0. The molecule has 0 fully saturated rings. The third-order valence-corrected chi connectivity index (χ3v) is 4.48. The number of ketones is 1. The number of unbranched alkanes of at least 4 members (excludes halogenated alkanes) is 1. The van der Waals surface area contributed by atoms with Crippen LogP contribution in [0, 0.1) is 22.7 Å². The maximum atomic E-state index is 12.8. The van der Waals surface area contributed by atoms with Crippen LogP contribution >= 0.6 is 0 Å². The Morgan fingerprint density at radius 2 is 2.07 bits per heavy atom. The van der Waals surface area contributed by atoms with Crippen LogP contribution < -0.4 is 5.56 Å². The van der Waals surface area contributed by atoms with Gasteiger partial charge in [0.05, 0.1) is 23.5 Å². The number of aryl methyl sites for hydroxylation is 2. The zero-order valence-electron chi connectivity index (χ0n) is 16.6. The Balaban J connectivity index is 2.08. The third-order valence-electron chi connectivity index (χ3n) is 4.48. The summed E-state index contributed by atoms with van der Waals surface area (Å²) >= 11 is 0. The number of esters is 1. The SMILES string of the molecule is CCCCn1c(=O)c(CCC(=O)OCC(=O)[C@H](C#N)C(C)=N)nc2ccccc21. The first-order chi connectivity index (χ1) is 13.9. The van der Waals surface area contributed by atoms with Crippen molar-refractivity contribution in [1.82, 2.24) is 9.55 Å². The number of nitrogens with one attached hydrogen (secondary N) is 1. The van der Waals surface area contributed by atoms with Gasteiger partial charge >= 0.3 is 5.97 Å². The van der Waals surface area contributed by atoms with E-state index in [9.17, 15) is 14.4 Å². The lowest BCUT2D eigenvalue weighted by Gasteiger charge is -2.12. The van der Waals surface area contributed by atoms with E-state index >= 15 is 0 Å². The molecule has 2 aromatic rings. The van der Waals surface area contributed by atoms with Crippen molar-refractivity contribution in [3.63, 3.8) is 0 Å². The summed E-state index contributed by atoms with van der Waals surface area (Å²) in [5, 5.41) is 16.3. The third kappa shape index (κ3) is 5.57. The van der Waals surface area contributed by atoms with Crippen LogP contribution in [0.4, 0.5) is 0 Å². The highest BCUT2D eigenvalue weighted by molar-refractivity contribution is 6.06. The first-order valence-electron chi connectivity index (χ1n) is 9.50. The summed E-state index contributed by atoms with van der Waals surface area (Å²) in [6, 6.07) is 9.07. The van der Waals surface area contributed by atoms with Crippen LogP contribution in [-0.2, 0) is 27.3 Å². The van der Waals surface area contributed by atoms with E-state index in [-0.39, 0.29) is 29.8 Å². The van der Waals surface area contributed by atoms with Gasteiger partial charge in [0.1, 0.15) is 11.6 Å². The second kappa shape index (κ2) is 10.3. The fraction of sp³-hybridized carbons (Fsp3) is 0.429. The second-order valence-electron chi connectivity index (χ2n) is 6.73. The molecule has 1 atom stereocenters. The molecule has 0 aliphatic rings. The molecule has 152 valence electrons. The molecule has 0 aliphatic carbocycles. The maximum Gasteiger partial charge on any atom is 0.306 e. The van der Waals surface area contributed by atoms with Gasteiger partial charge in [-0.25, -0.2) is 4.98 Å². The molecule has 29 heavy (non-hydrogen) atoms. The predicted molar refractivity (Wildman–Crippen MR) is 108 cm³/mol. The molecule has 0 spiro atoms. The average Bonchev–Trinajstić information content (AvgIpc) is 2.70. The van der Waals surface area contributed by atoms with Gasteiger partial charge < -0.3 is 14.7 Å². The minimum absolute atomic E-state index is 0.0914. The number of rotatable bonds is 10. The van der Waals surface area contributed by atoms with Gasteiger partial charge in [0.2, 0.25) is 0 Å². The van der Waals surface area contributed by atoms with Crippen molar-refractivity contribution in [3.05, 3.63) is 40.3 Å². The molecule has 0 bridgehead atoms. The molecule has 0 saturated heterocycles. The Morgan fingerprint density at radius 3 is 2.72 bits per heavy atom. The maximum absolute atomic E-state index is 12.8. The van der Waals surface area contributed by atoms with E-state index in [1.165, 1.54) is 6.92 Å². The molecule has 0 unspecified atom stereocenters. The number of fused-ring (bicyclic) bond motifs is 1. The summed E-state index contributed by atoms with van der Waals surface area (Å²) in [6.07, 6.45) is 1.78. The molecule has 1 aromatic carbocycles. The lowest BCUT2D eigenvalue weighted by atomic mass is 10.0. The van der Waals surface area contributed by atoms with Crippen molar-refractivity contribution in [2.75, 3.05) is 6.61 Å². The topological polar surface area (TPSA) is 126 Å². The fourth-order valence-corrected chi connectivity index (χ4v) is 2.88. The van der Waals surface area contributed by atoms with Crippen molar-refractivity contribution in [2.45, 2.75) is 46.1 Å². The lowest BCUT2D eigenvalue weighted by Crippen LogP contribution is -2.27. The van der Waals surface area contributed by atoms with Crippen molar-refractivity contribution < 1.29 is 14.3 Å². The van der Waals surface area contributed by atoms with Gasteiger partial charge in [-0.15, -0.1) is 0 Å². The van der Waals surface area contributed by atoms with Crippen LogP contribution in [0.2, 0.25) is 0 Å². The monoisotopic (exact) mass is 396 g/mol. The number of nitrogens with zero attached hydrogens (tertiary/aromatic N) is 3. The number of hydrogen-bond donors (Lipinski definition) is 1. The van der Waals surface area contributed by atoms with Crippen molar-refractivity contribution in [3.8, 4) is 6.07 Å². The standard InChI is InChI=1S/C21H24N4O4/c1-3-4-11-25-18-8-6-5-7-16(18)24-17(21(25)28)9-10-20(27)29-13-19(26)15(12-22)14(2)23/h5-8,15,23H,3-4,9-11,13H2,1-2H3/t15-/m1/s1. The van der Waals surface area contributed by atoms with Crippen LogP contribution in [0.3, 0.4) is 0 Å². The number of hydrogen-bond acceptors (Lipinski definition) is 7. The molecule has 8 heteroatoms. The normalized spacial score (nSPS) is 11.6. The quantitative estimate of drug-likeness (QED) is 0.485. The van der Waals surface area contributed by atoms with E-state index in [4.69, 9.17) is 15.4 Å². The smallest absolute Gasteiger partial charge is 0.306 e. The van der Waals surface area contributed by atoms with E-state index in [2.05, 4.69) is 4.98 Å². The van der Waals surface area contributed by atoms with Gasteiger partial charge in [0, 0.05) is 18.7 Å². The van der Waals surface area contributed by atoms with Gasteiger partial charge in [-0.05, 0) is 25.5 Å².